The Bertz CT molecular complexity index is 572. The molecule has 0 saturated heterocycles. The Hall–Kier alpha value is -0.920. The summed E-state index contributed by atoms with van der Waals surface area (Å²) in [4.78, 5) is 11.0. The van der Waals surface area contributed by atoms with E-state index in [-0.39, 0.29) is 15.1 Å². The van der Waals surface area contributed by atoms with Crippen LogP contribution in [0.25, 0.3) is 0 Å². The highest BCUT2D eigenvalue weighted by Crippen LogP contribution is 2.35. The number of thiophene rings is 1. The van der Waals surface area contributed by atoms with Crippen molar-refractivity contribution in [1.82, 2.24) is 4.31 Å². The molecule has 1 N–H and O–H groups in total. The zero-order chi connectivity index (χ0) is 13.5. The molecule has 1 saturated carbocycles. The molecule has 0 aliphatic heterocycles. The van der Waals surface area contributed by atoms with Crippen molar-refractivity contribution in [3.05, 3.63) is 16.5 Å². The standard InChI is InChI=1S/C11H15NO4S2/c1-3-12(8-4-5-8)18(15,16)9-6-7(2)10(17-9)11(13)14/h6,8H,3-5H2,1-2H3,(H,13,14). The maximum atomic E-state index is 12.4. The second-order valence-corrected chi connectivity index (χ2v) is 7.49. The monoisotopic (exact) mass is 289 g/mol. The van der Waals surface area contributed by atoms with Gasteiger partial charge < -0.3 is 5.11 Å². The minimum Gasteiger partial charge on any atom is -0.477 e. The van der Waals surface area contributed by atoms with E-state index >= 15 is 0 Å². The van der Waals surface area contributed by atoms with Gasteiger partial charge in [0.2, 0.25) is 0 Å². The Morgan fingerprint density at radius 1 is 1.56 bits per heavy atom. The normalized spacial score (nSPS) is 16.2. The number of carbonyl (C=O) groups is 1. The first-order valence-corrected chi connectivity index (χ1v) is 7.99. The maximum Gasteiger partial charge on any atom is 0.346 e. The predicted octanol–water partition coefficient (Wildman–Crippen LogP) is 1.93. The lowest BCUT2D eigenvalue weighted by molar-refractivity contribution is 0.0701. The van der Waals surface area contributed by atoms with E-state index in [0.29, 0.717) is 12.1 Å². The van der Waals surface area contributed by atoms with E-state index in [0.717, 1.165) is 24.2 Å². The lowest BCUT2D eigenvalue weighted by Crippen LogP contribution is -2.32. The fourth-order valence-corrected chi connectivity index (χ4v) is 5.10. The zero-order valence-electron chi connectivity index (χ0n) is 10.2. The molecule has 0 aromatic carbocycles. The number of hydrogen-bond acceptors (Lipinski definition) is 4. The van der Waals surface area contributed by atoms with Crippen molar-refractivity contribution in [2.75, 3.05) is 6.54 Å². The van der Waals surface area contributed by atoms with Crippen molar-refractivity contribution in [3.63, 3.8) is 0 Å². The van der Waals surface area contributed by atoms with Crippen molar-refractivity contribution in [3.8, 4) is 0 Å². The maximum absolute atomic E-state index is 12.4. The Kier molecular flexibility index (Phi) is 3.48. The average molecular weight is 289 g/mol. The minimum atomic E-state index is -3.53. The molecule has 1 aromatic heterocycles. The van der Waals surface area contributed by atoms with Crippen molar-refractivity contribution in [1.29, 1.82) is 0 Å². The van der Waals surface area contributed by atoms with E-state index in [1.54, 1.807) is 13.8 Å². The van der Waals surface area contributed by atoms with E-state index in [4.69, 9.17) is 5.11 Å². The van der Waals surface area contributed by atoms with Crippen LogP contribution in [0.15, 0.2) is 10.3 Å². The molecular weight excluding hydrogens is 274 g/mol. The molecule has 1 heterocycles. The van der Waals surface area contributed by atoms with E-state index in [1.807, 2.05) is 0 Å². The summed E-state index contributed by atoms with van der Waals surface area (Å²) in [5.41, 5.74) is 0.498. The molecule has 1 fully saturated rings. The lowest BCUT2D eigenvalue weighted by atomic mass is 10.3. The molecule has 18 heavy (non-hydrogen) atoms. The zero-order valence-corrected chi connectivity index (χ0v) is 11.8. The summed E-state index contributed by atoms with van der Waals surface area (Å²) in [7, 11) is -3.53. The second-order valence-electron chi connectivity index (χ2n) is 4.32. The van der Waals surface area contributed by atoms with Crippen LogP contribution in [0, 0.1) is 6.92 Å². The summed E-state index contributed by atoms with van der Waals surface area (Å²) < 4.78 is 26.3. The van der Waals surface area contributed by atoms with Crippen LogP contribution in [0.2, 0.25) is 0 Å². The van der Waals surface area contributed by atoms with Crippen LogP contribution in [0.1, 0.15) is 35.0 Å². The summed E-state index contributed by atoms with van der Waals surface area (Å²) >= 11 is 0.834. The minimum absolute atomic E-state index is 0.0932. The summed E-state index contributed by atoms with van der Waals surface area (Å²) in [5.74, 6) is -1.08. The molecule has 1 aliphatic carbocycles. The van der Waals surface area contributed by atoms with Gasteiger partial charge in [-0.05, 0) is 31.4 Å². The number of rotatable bonds is 5. The van der Waals surface area contributed by atoms with Gasteiger partial charge in [0.1, 0.15) is 9.09 Å². The van der Waals surface area contributed by atoms with Crippen molar-refractivity contribution in [2.24, 2.45) is 0 Å². The Labute approximate surface area is 110 Å². The largest absolute Gasteiger partial charge is 0.477 e. The lowest BCUT2D eigenvalue weighted by Gasteiger charge is -2.18. The third-order valence-electron chi connectivity index (χ3n) is 2.92. The van der Waals surface area contributed by atoms with Gasteiger partial charge in [-0.25, -0.2) is 13.2 Å². The van der Waals surface area contributed by atoms with Crippen molar-refractivity contribution in [2.45, 2.75) is 36.9 Å². The summed E-state index contributed by atoms with van der Waals surface area (Å²) in [6.45, 7) is 3.84. The van der Waals surface area contributed by atoms with Gasteiger partial charge >= 0.3 is 5.97 Å². The summed E-state index contributed by atoms with van der Waals surface area (Å²) in [6.07, 6.45) is 1.78. The molecule has 5 nitrogen and oxygen atoms in total. The average Bonchev–Trinajstić information content (AvgIpc) is 3.00. The number of aryl methyl sites for hydroxylation is 1. The van der Waals surface area contributed by atoms with Crippen LogP contribution in [0.5, 0.6) is 0 Å². The van der Waals surface area contributed by atoms with E-state index in [1.165, 1.54) is 10.4 Å². The fourth-order valence-electron chi connectivity index (χ4n) is 1.89. The molecule has 0 spiro atoms. The Morgan fingerprint density at radius 2 is 2.17 bits per heavy atom. The molecule has 1 aliphatic rings. The number of aromatic carboxylic acids is 1. The van der Waals surface area contributed by atoms with E-state index in [9.17, 15) is 13.2 Å². The third-order valence-corrected chi connectivity index (χ3v) is 6.62. The van der Waals surface area contributed by atoms with Gasteiger partial charge in [0.15, 0.2) is 0 Å². The van der Waals surface area contributed by atoms with Gasteiger partial charge in [0, 0.05) is 12.6 Å². The van der Waals surface area contributed by atoms with Gasteiger partial charge in [-0.15, -0.1) is 11.3 Å². The second kappa shape index (κ2) is 4.64. The first-order valence-electron chi connectivity index (χ1n) is 5.73. The van der Waals surface area contributed by atoms with E-state index in [2.05, 4.69) is 0 Å². The number of carboxylic acids is 1. The predicted molar refractivity (Wildman–Crippen MR) is 68.6 cm³/mol. The summed E-state index contributed by atoms with van der Waals surface area (Å²) in [5, 5.41) is 8.96. The Morgan fingerprint density at radius 3 is 2.56 bits per heavy atom. The van der Waals surface area contributed by atoms with Gasteiger partial charge in [0.05, 0.1) is 0 Å². The van der Waals surface area contributed by atoms with E-state index < -0.39 is 16.0 Å². The SMILES string of the molecule is CCN(C1CC1)S(=O)(=O)c1cc(C)c(C(=O)O)s1. The van der Waals surface area contributed by atoms with Crippen LogP contribution in [-0.4, -0.2) is 36.4 Å². The van der Waals surface area contributed by atoms with Gasteiger partial charge in [-0.3, -0.25) is 0 Å². The Balaban J connectivity index is 2.40. The summed E-state index contributed by atoms with van der Waals surface area (Å²) in [6, 6.07) is 1.55. The van der Waals surface area contributed by atoms with Crippen LogP contribution >= 0.6 is 11.3 Å². The number of carboxylic acid groups (broad SMARTS) is 1. The quantitative estimate of drug-likeness (QED) is 0.898. The van der Waals surface area contributed by atoms with Gasteiger partial charge in [-0.2, -0.15) is 4.31 Å². The highest BCUT2D eigenvalue weighted by atomic mass is 32.2. The van der Waals surface area contributed by atoms with Gasteiger partial charge in [-0.1, -0.05) is 6.92 Å². The third kappa shape index (κ3) is 2.30. The first-order chi connectivity index (χ1) is 8.37. The fraction of sp³-hybridized carbons (Fsp3) is 0.545. The molecule has 0 unspecified atom stereocenters. The van der Waals surface area contributed by atoms with Crippen molar-refractivity contribution >= 4 is 27.3 Å². The number of hydrogen-bond donors (Lipinski definition) is 1. The molecule has 0 bridgehead atoms. The number of nitrogens with zero attached hydrogens (tertiary/aromatic N) is 1. The molecule has 100 valence electrons. The molecule has 7 heteroatoms. The molecule has 0 amide bonds. The van der Waals surface area contributed by atoms with Crippen LogP contribution in [-0.2, 0) is 10.0 Å². The molecule has 1 aromatic rings. The van der Waals surface area contributed by atoms with Crippen LogP contribution in [0.4, 0.5) is 0 Å². The molecule has 0 atom stereocenters. The highest BCUT2D eigenvalue weighted by molar-refractivity contribution is 7.91. The van der Waals surface area contributed by atoms with Crippen LogP contribution in [0.3, 0.4) is 0 Å². The number of sulfonamides is 1. The first kappa shape index (κ1) is 13.5. The molecule has 0 radical (unpaired) electrons. The van der Waals surface area contributed by atoms with Gasteiger partial charge in [0.25, 0.3) is 10.0 Å². The highest BCUT2D eigenvalue weighted by Gasteiger charge is 2.38. The molecule has 2 rings (SSSR count). The van der Waals surface area contributed by atoms with Crippen molar-refractivity contribution < 1.29 is 18.3 Å². The van der Waals surface area contributed by atoms with Crippen LogP contribution < -0.4 is 0 Å². The topological polar surface area (TPSA) is 74.7 Å². The smallest absolute Gasteiger partial charge is 0.346 e. The molecular formula is C11H15NO4S2.